The smallest absolute Gasteiger partial charge is 0.0341 e. The lowest BCUT2D eigenvalue weighted by Crippen LogP contribution is -2.24. The van der Waals surface area contributed by atoms with Crippen molar-refractivity contribution in [2.45, 2.75) is 33.0 Å². The van der Waals surface area contributed by atoms with Crippen molar-refractivity contribution in [3.05, 3.63) is 29.3 Å². The molecule has 2 rings (SSSR count). The fraction of sp³-hybridized carbons (Fsp3) is 0.500. The van der Waals surface area contributed by atoms with Gasteiger partial charge in [0, 0.05) is 31.9 Å². The lowest BCUT2D eigenvalue weighted by atomic mass is 10.1. The zero-order chi connectivity index (χ0) is 10.1. The summed E-state index contributed by atoms with van der Waals surface area (Å²) in [6.45, 7) is 6.72. The summed E-state index contributed by atoms with van der Waals surface area (Å²) in [4.78, 5) is 2.49. The lowest BCUT2D eigenvalue weighted by Gasteiger charge is -2.18. The van der Waals surface area contributed by atoms with E-state index in [1.165, 1.54) is 16.8 Å². The van der Waals surface area contributed by atoms with Gasteiger partial charge in [-0.05, 0) is 37.1 Å². The largest absolute Gasteiger partial charge is 0.388 e. The Morgan fingerprint density at radius 1 is 1.21 bits per heavy atom. The molecule has 0 saturated heterocycles. The highest BCUT2D eigenvalue weighted by molar-refractivity contribution is 5.49. The molecule has 1 aromatic rings. The average Bonchev–Trinajstić information content (AvgIpc) is 2.59. The zero-order valence-electron chi connectivity index (χ0n) is 9.17. The van der Waals surface area contributed by atoms with E-state index in [1.54, 1.807) is 0 Å². The molecule has 0 saturated carbocycles. The summed E-state index contributed by atoms with van der Waals surface area (Å²) in [6, 6.07) is 7.30. The number of hydrogen-bond acceptors (Lipinski definition) is 2. The van der Waals surface area contributed by atoms with Crippen molar-refractivity contribution in [3.63, 3.8) is 0 Å². The van der Waals surface area contributed by atoms with E-state index in [0.717, 1.165) is 13.1 Å². The van der Waals surface area contributed by atoms with Crippen LogP contribution in [0.15, 0.2) is 18.2 Å². The SMILES string of the molecule is CNc1ccc2c(c1)CN(C(C)C)C2. The van der Waals surface area contributed by atoms with Crippen LogP contribution in [0.1, 0.15) is 25.0 Å². The van der Waals surface area contributed by atoms with Crippen molar-refractivity contribution in [1.82, 2.24) is 4.90 Å². The molecule has 0 fully saturated rings. The fourth-order valence-electron chi connectivity index (χ4n) is 1.94. The normalized spacial score (nSPS) is 16.0. The Balaban J connectivity index is 2.22. The highest BCUT2D eigenvalue weighted by Gasteiger charge is 2.20. The fourth-order valence-corrected chi connectivity index (χ4v) is 1.94. The second-order valence-electron chi connectivity index (χ2n) is 4.23. The molecule has 0 atom stereocenters. The van der Waals surface area contributed by atoms with Gasteiger partial charge in [0.1, 0.15) is 0 Å². The number of hydrogen-bond donors (Lipinski definition) is 1. The van der Waals surface area contributed by atoms with Crippen LogP contribution < -0.4 is 5.32 Å². The standard InChI is InChI=1S/C12H18N2/c1-9(2)14-7-10-4-5-12(13-3)6-11(10)8-14/h4-6,9,13H,7-8H2,1-3H3. The Labute approximate surface area is 85.9 Å². The van der Waals surface area contributed by atoms with Crippen molar-refractivity contribution in [1.29, 1.82) is 0 Å². The van der Waals surface area contributed by atoms with E-state index in [0.29, 0.717) is 6.04 Å². The van der Waals surface area contributed by atoms with Gasteiger partial charge in [0.15, 0.2) is 0 Å². The molecule has 0 bridgehead atoms. The van der Waals surface area contributed by atoms with Gasteiger partial charge in [-0.2, -0.15) is 0 Å². The van der Waals surface area contributed by atoms with Crippen molar-refractivity contribution >= 4 is 5.69 Å². The highest BCUT2D eigenvalue weighted by Crippen LogP contribution is 2.26. The van der Waals surface area contributed by atoms with E-state index in [-0.39, 0.29) is 0 Å². The van der Waals surface area contributed by atoms with Crippen LogP contribution in [0.2, 0.25) is 0 Å². The molecule has 1 aliphatic rings. The summed E-state index contributed by atoms with van der Waals surface area (Å²) >= 11 is 0. The molecule has 0 spiro atoms. The first-order valence-electron chi connectivity index (χ1n) is 5.24. The molecule has 1 aliphatic heterocycles. The molecular formula is C12H18N2. The summed E-state index contributed by atoms with van der Waals surface area (Å²) in [5.41, 5.74) is 4.18. The predicted octanol–water partition coefficient (Wildman–Crippen LogP) is 2.45. The molecule has 14 heavy (non-hydrogen) atoms. The minimum absolute atomic E-state index is 0.639. The van der Waals surface area contributed by atoms with Gasteiger partial charge in [-0.3, -0.25) is 4.90 Å². The van der Waals surface area contributed by atoms with Gasteiger partial charge in [-0.15, -0.1) is 0 Å². The summed E-state index contributed by atoms with van der Waals surface area (Å²) in [7, 11) is 1.97. The van der Waals surface area contributed by atoms with Crippen LogP contribution in [0.5, 0.6) is 0 Å². The van der Waals surface area contributed by atoms with Crippen LogP contribution in [0.4, 0.5) is 5.69 Å². The molecule has 1 N–H and O–H groups in total. The topological polar surface area (TPSA) is 15.3 Å². The second-order valence-corrected chi connectivity index (χ2v) is 4.23. The highest BCUT2D eigenvalue weighted by atomic mass is 15.2. The third-order valence-corrected chi connectivity index (χ3v) is 2.97. The number of rotatable bonds is 2. The van der Waals surface area contributed by atoms with E-state index >= 15 is 0 Å². The van der Waals surface area contributed by atoms with Crippen molar-refractivity contribution in [3.8, 4) is 0 Å². The van der Waals surface area contributed by atoms with E-state index in [2.05, 4.69) is 42.3 Å². The quantitative estimate of drug-likeness (QED) is 0.770. The maximum Gasteiger partial charge on any atom is 0.0341 e. The van der Waals surface area contributed by atoms with Crippen LogP contribution in [0.3, 0.4) is 0 Å². The molecule has 0 amide bonds. The van der Waals surface area contributed by atoms with Crippen LogP contribution in [-0.2, 0) is 13.1 Å². The van der Waals surface area contributed by atoms with Crippen molar-refractivity contribution in [2.75, 3.05) is 12.4 Å². The van der Waals surface area contributed by atoms with Gasteiger partial charge in [0.05, 0.1) is 0 Å². The number of nitrogens with zero attached hydrogens (tertiary/aromatic N) is 1. The first-order chi connectivity index (χ1) is 6.70. The molecule has 0 radical (unpaired) electrons. The molecule has 0 aromatic heterocycles. The molecule has 76 valence electrons. The molecular weight excluding hydrogens is 172 g/mol. The molecule has 1 heterocycles. The maximum atomic E-state index is 3.18. The molecule has 0 unspecified atom stereocenters. The molecule has 2 nitrogen and oxygen atoms in total. The average molecular weight is 190 g/mol. The number of anilines is 1. The van der Waals surface area contributed by atoms with Crippen LogP contribution in [0, 0.1) is 0 Å². The first kappa shape index (κ1) is 9.53. The minimum atomic E-state index is 0.639. The van der Waals surface area contributed by atoms with Crippen molar-refractivity contribution in [2.24, 2.45) is 0 Å². The lowest BCUT2D eigenvalue weighted by molar-refractivity contribution is 0.227. The zero-order valence-corrected chi connectivity index (χ0v) is 9.17. The summed E-state index contributed by atoms with van der Waals surface area (Å²) in [6.07, 6.45) is 0. The van der Waals surface area contributed by atoms with Crippen LogP contribution >= 0.6 is 0 Å². The second kappa shape index (κ2) is 3.62. The minimum Gasteiger partial charge on any atom is -0.388 e. The number of benzene rings is 1. The first-order valence-corrected chi connectivity index (χ1v) is 5.24. The van der Waals surface area contributed by atoms with Crippen LogP contribution in [0.25, 0.3) is 0 Å². The third kappa shape index (κ3) is 1.62. The summed E-state index contributed by atoms with van der Waals surface area (Å²) in [5, 5.41) is 3.18. The van der Waals surface area contributed by atoms with Crippen molar-refractivity contribution < 1.29 is 0 Å². The Kier molecular flexibility index (Phi) is 2.46. The maximum absolute atomic E-state index is 3.18. The van der Waals surface area contributed by atoms with Gasteiger partial charge < -0.3 is 5.32 Å². The molecule has 2 heteroatoms. The van der Waals surface area contributed by atoms with Gasteiger partial charge in [0.2, 0.25) is 0 Å². The summed E-state index contributed by atoms with van der Waals surface area (Å²) in [5.74, 6) is 0. The van der Waals surface area contributed by atoms with E-state index in [4.69, 9.17) is 0 Å². The Morgan fingerprint density at radius 3 is 2.57 bits per heavy atom. The third-order valence-electron chi connectivity index (χ3n) is 2.97. The monoisotopic (exact) mass is 190 g/mol. The summed E-state index contributed by atoms with van der Waals surface area (Å²) < 4.78 is 0. The van der Waals surface area contributed by atoms with Gasteiger partial charge in [0.25, 0.3) is 0 Å². The van der Waals surface area contributed by atoms with Gasteiger partial charge >= 0.3 is 0 Å². The van der Waals surface area contributed by atoms with Crippen LogP contribution in [-0.4, -0.2) is 18.0 Å². The molecule has 1 aromatic carbocycles. The Bertz CT molecular complexity index is 331. The Hall–Kier alpha value is -1.02. The Morgan fingerprint density at radius 2 is 1.93 bits per heavy atom. The van der Waals surface area contributed by atoms with Gasteiger partial charge in [-0.1, -0.05) is 6.07 Å². The number of fused-ring (bicyclic) bond motifs is 1. The predicted molar refractivity (Wildman–Crippen MR) is 60.4 cm³/mol. The molecule has 0 aliphatic carbocycles. The van der Waals surface area contributed by atoms with E-state index < -0.39 is 0 Å². The number of nitrogens with one attached hydrogen (secondary N) is 1. The van der Waals surface area contributed by atoms with Gasteiger partial charge in [-0.25, -0.2) is 0 Å². The van der Waals surface area contributed by atoms with E-state index in [9.17, 15) is 0 Å². The van der Waals surface area contributed by atoms with E-state index in [1.807, 2.05) is 7.05 Å².